The molecule has 0 fully saturated rings. The van der Waals surface area contributed by atoms with E-state index < -0.39 is 5.82 Å². The molecule has 2 aromatic heterocycles. The van der Waals surface area contributed by atoms with Crippen molar-refractivity contribution >= 4 is 17.3 Å². The van der Waals surface area contributed by atoms with E-state index in [1.54, 1.807) is 35.2 Å². The number of hydrogen-bond acceptors (Lipinski definition) is 7. The van der Waals surface area contributed by atoms with Gasteiger partial charge in [-0.05, 0) is 53.4 Å². The highest BCUT2D eigenvalue weighted by atomic mass is 19.1. The first-order valence-electron chi connectivity index (χ1n) is 11.5. The van der Waals surface area contributed by atoms with Crippen molar-refractivity contribution in [3.63, 3.8) is 0 Å². The lowest BCUT2D eigenvalue weighted by molar-refractivity contribution is 0.0741. The van der Waals surface area contributed by atoms with Crippen LogP contribution in [0, 0.1) is 11.2 Å². The second kappa shape index (κ2) is 9.21. The van der Waals surface area contributed by atoms with E-state index in [1.807, 2.05) is 6.92 Å². The van der Waals surface area contributed by atoms with Crippen LogP contribution in [0.1, 0.15) is 52.2 Å². The Morgan fingerprint density at radius 3 is 2.78 bits per heavy atom. The van der Waals surface area contributed by atoms with E-state index in [1.165, 1.54) is 18.3 Å². The molecule has 2 aromatic carbocycles. The van der Waals surface area contributed by atoms with E-state index in [9.17, 15) is 14.3 Å². The number of imidazole rings is 1. The molecule has 5 rings (SSSR count). The van der Waals surface area contributed by atoms with Gasteiger partial charge in [0.15, 0.2) is 23.1 Å². The third kappa shape index (κ3) is 4.17. The molecule has 0 atom stereocenters. The molecule has 0 spiro atoms. The number of H-pyrrole nitrogens is 1. The summed E-state index contributed by atoms with van der Waals surface area (Å²) in [6, 6.07) is 11.2. The van der Waals surface area contributed by atoms with Gasteiger partial charge in [-0.15, -0.1) is 5.10 Å². The second-order valence-electron chi connectivity index (χ2n) is 8.67. The summed E-state index contributed by atoms with van der Waals surface area (Å²) in [5, 5.41) is 26.1. The average molecular weight is 486 g/mol. The fraction of sp³-hybridized carbons (Fsp3) is 0.192. The van der Waals surface area contributed by atoms with Gasteiger partial charge in [0.05, 0.1) is 24.5 Å². The molecule has 0 saturated heterocycles. The minimum absolute atomic E-state index is 0.117. The first kappa shape index (κ1) is 23.2. The maximum absolute atomic E-state index is 14.1. The molecule has 4 aromatic rings. The Morgan fingerprint density at radius 1 is 1.25 bits per heavy atom. The van der Waals surface area contributed by atoms with E-state index in [0.29, 0.717) is 53.4 Å². The van der Waals surface area contributed by atoms with E-state index >= 15 is 0 Å². The van der Waals surface area contributed by atoms with Crippen LogP contribution >= 0.6 is 0 Å². The highest BCUT2D eigenvalue weighted by Crippen LogP contribution is 2.33. The number of nitrogens with two attached hydrogens (primary N) is 1. The third-order valence-electron chi connectivity index (χ3n) is 6.19. The van der Waals surface area contributed by atoms with Crippen LogP contribution in [0.4, 0.5) is 10.1 Å². The van der Waals surface area contributed by atoms with E-state index in [2.05, 4.69) is 20.2 Å². The van der Waals surface area contributed by atoms with Gasteiger partial charge in [-0.25, -0.2) is 9.37 Å². The zero-order valence-electron chi connectivity index (χ0n) is 19.5. The van der Waals surface area contributed by atoms with Gasteiger partial charge in [0, 0.05) is 17.4 Å². The molecule has 36 heavy (non-hydrogen) atoms. The first-order chi connectivity index (χ1) is 17.4. The summed E-state index contributed by atoms with van der Waals surface area (Å²) in [6.45, 7) is 2.64. The number of aryl methyl sites for hydroxylation is 1. The number of halogens is 1. The maximum Gasteiger partial charge on any atom is 0.275 e. The van der Waals surface area contributed by atoms with Crippen molar-refractivity contribution in [2.75, 3.05) is 5.73 Å². The molecule has 10 heteroatoms. The van der Waals surface area contributed by atoms with Gasteiger partial charge in [-0.2, -0.15) is 5.10 Å². The summed E-state index contributed by atoms with van der Waals surface area (Å²) >= 11 is 0. The number of phenols is 1. The number of rotatable bonds is 6. The smallest absolute Gasteiger partial charge is 0.275 e. The Balaban J connectivity index is 1.37. The van der Waals surface area contributed by atoms with Crippen molar-refractivity contribution in [1.29, 1.82) is 5.41 Å². The molecule has 0 radical (unpaired) electrons. The molecule has 0 aliphatic carbocycles. The molecular weight excluding hydrogens is 461 g/mol. The second-order valence-corrected chi connectivity index (χ2v) is 8.67. The lowest BCUT2D eigenvalue weighted by Gasteiger charge is -2.15. The van der Waals surface area contributed by atoms with E-state index in [4.69, 9.17) is 11.1 Å². The monoisotopic (exact) mass is 485 g/mol. The summed E-state index contributed by atoms with van der Waals surface area (Å²) in [6.07, 6.45) is 3.02. The van der Waals surface area contributed by atoms with E-state index in [0.717, 1.165) is 17.7 Å². The minimum atomic E-state index is -0.697. The van der Waals surface area contributed by atoms with Gasteiger partial charge < -0.3 is 20.7 Å². The van der Waals surface area contributed by atoms with Crippen LogP contribution in [0.15, 0.2) is 48.7 Å². The number of anilines is 1. The molecule has 1 amide bonds. The number of aromatic hydroxyl groups is 1. The number of amides is 1. The van der Waals surface area contributed by atoms with Crippen LogP contribution in [0.25, 0.3) is 11.1 Å². The molecule has 3 heterocycles. The number of carbonyl (C=O) groups excluding carboxylic acids is 1. The van der Waals surface area contributed by atoms with Crippen LogP contribution in [-0.2, 0) is 19.5 Å². The average Bonchev–Trinajstić information content (AvgIpc) is 3.46. The molecule has 0 saturated carbocycles. The van der Waals surface area contributed by atoms with Crippen molar-refractivity contribution in [3.8, 4) is 16.9 Å². The first-order valence-corrected chi connectivity index (χ1v) is 11.5. The zero-order valence-corrected chi connectivity index (χ0v) is 19.5. The van der Waals surface area contributed by atoms with Crippen molar-refractivity contribution in [2.45, 2.75) is 32.9 Å². The number of hydrogen-bond donors (Lipinski definition) is 4. The van der Waals surface area contributed by atoms with Gasteiger partial charge in [-0.1, -0.05) is 25.5 Å². The largest absolute Gasteiger partial charge is 0.505 e. The molecular formula is C26H24FN7O2. The molecule has 5 N–H and O–H groups in total. The lowest BCUT2D eigenvalue weighted by atomic mass is 9.94. The lowest BCUT2D eigenvalue weighted by Crippen LogP contribution is -2.27. The van der Waals surface area contributed by atoms with Gasteiger partial charge in [0.25, 0.3) is 5.91 Å². The minimum Gasteiger partial charge on any atom is -0.505 e. The Labute approximate surface area is 206 Å². The SMILES string of the molecule is CCCc1cc(O)c(F)cc1-c1ccc(C(=N)c2nc3c([nH]2)CN(C(=O)c2cccnn2)C3)c(N)c1. The zero-order chi connectivity index (χ0) is 25.4. The number of phenolic OH excluding ortho intramolecular Hbond substituents is 1. The van der Waals surface area contributed by atoms with Crippen LogP contribution in [0.3, 0.4) is 0 Å². The quantitative estimate of drug-likeness (QED) is 0.241. The number of nitrogens with zero attached hydrogens (tertiary/aromatic N) is 4. The number of benzene rings is 2. The Morgan fingerprint density at radius 2 is 2.08 bits per heavy atom. The highest BCUT2D eigenvalue weighted by Gasteiger charge is 2.29. The highest BCUT2D eigenvalue weighted by molar-refractivity contribution is 6.12. The maximum atomic E-state index is 14.1. The van der Waals surface area contributed by atoms with Crippen LogP contribution in [0.5, 0.6) is 5.75 Å². The Hall–Kier alpha value is -4.60. The third-order valence-corrected chi connectivity index (χ3v) is 6.19. The number of fused-ring (bicyclic) bond motifs is 1. The van der Waals surface area contributed by atoms with Crippen LogP contribution < -0.4 is 5.73 Å². The van der Waals surface area contributed by atoms with Crippen LogP contribution in [-0.4, -0.2) is 41.8 Å². The molecule has 0 unspecified atom stereocenters. The van der Waals surface area contributed by atoms with Crippen molar-refractivity contribution in [2.24, 2.45) is 0 Å². The number of nitrogen functional groups attached to an aromatic ring is 1. The van der Waals surface area contributed by atoms with Gasteiger partial charge in [0.2, 0.25) is 0 Å². The van der Waals surface area contributed by atoms with Gasteiger partial charge in [0.1, 0.15) is 5.71 Å². The van der Waals surface area contributed by atoms with Crippen LogP contribution in [0.2, 0.25) is 0 Å². The molecule has 1 aliphatic rings. The molecule has 182 valence electrons. The topological polar surface area (TPSA) is 145 Å². The predicted octanol–water partition coefficient (Wildman–Crippen LogP) is 3.82. The normalized spacial score (nSPS) is 12.6. The number of aromatic nitrogens is 4. The summed E-state index contributed by atoms with van der Waals surface area (Å²) < 4.78 is 14.1. The summed E-state index contributed by atoms with van der Waals surface area (Å²) in [7, 11) is 0. The Bertz CT molecular complexity index is 1460. The molecule has 0 bridgehead atoms. The fourth-order valence-electron chi connectivity index (χ4n) is 4.41. The number of carbonyl (C=O) groups is 1. The van der Waals surface area contributed by atoms with Crippen molar-refractivity contribution in [1.82, 2.24) is 25.1 Å². The fourth-order valence-corrected chi connectivity index (χ4v) is 4.41. The number of nitrogens with one attached hydrogen (secondary N) is 2. The summed E-state index contributed by atoms with van der Waals surface area (Å²) in [5.74, 6) is -0.957. The summed E-state index contributed by atoms with van der Waals surface area (Å²) in [5.41, 5.74) is 11.1. The van der Waals surface area contributed by atoms with Gasteiger partial charge >= 0.3 is 0 Å². The predicted molar refractivity (Wildman–Crippen MR) is 132 cm³/mol. The van der Waals surface area contributed by atoms with Crippen molar-refractivity contribution < 1.29 is 14.3 Å². The summed E-state index contributed by atoms with van der Waals surface area (Å²) in [4.78, 5) is 21.9. The standard InChI is InChI=1S/C26H24FN7O2/c1-2-4-14-10-23(35)18(27)11-17(14)15-6-7-16(19(28)9-15)24(29)25-31-21-12-34(13-22(21)32-25)26(36)20-5-3-8-30-33-20/h3,5-11,29,35H,2,4,12-13,28H2,1H3,(H,31,32). The Kier molecular flexibility index (Phi) is 5.93. The number of aromatic amines is 1. The van der Waals surface area contributed by atoms with Crippen molar-refractivity contribution in [3.05, 3.63) is 88.5 Å². The molecule has 1 aliphatic heterocycles. The van der Waals surface area contributed by atoms with E-state index in [-0.39, 0.29) is 23.1 Å². The van der Waals surface area contributed by atoms with Gasteiger partial charge in [-0.3, -0.25) is 10.2 Å². The molecule has 9 nitrogen and oxygen atoms in total.